The molecule has 2 aromatic heterocycles. The molecule has 0 aromatic carbocycles. The zero-order valence-corrected chi connectivity index (χ0v) is 12.8. The topological polar surface area (TPSA) is 29.1 Å². The van der Waals surface area contributed by atoms with Crippen molar-refractivity contribution in [3.63, 3.8) is 0 Å². The molecular weight excluding hydrogens is 286 g/mol. The Hall–Kier alpha value is -0.840. The predicted molar refractivity (Wildman–Crippen MR) is 79.0 cm³/mol. The summed E-state index contributed by atoms with van der Waals surface area (Å²) in [5.41, 5.74) is 0.770. The van der Waals surface area contributed by atoms with Crippen molar-refractivity contribution in [2.24, 2.45) is 0 Å². The van der Waals surface area contributed by atoms with Gasteiger partial charge in [0.2, 0.25) is 0 Å². The number of halogens is 1. The van der Waals surface area contributed by atoms with Crippen LogP contribution in [0.15, 0.2) is 18.2 Å². The van der Waals surface area contributed by atoms with E-state index in [-0.39, 0.29) is 11.9 Å². The van der Waals surface area contributed by atoms with E-state index in [1.807, 2.05) is 39.0 Å². The zero-order valence-electron chi connectivity index (χ0n) is 10.4. The van der Waals surface area contributed by atoms with E-state index in [9.17, 15) is 4.79 Å². The van der Waals surface area contributed by atoms with Crippen molar-refractivity contribution in [2.45, 2.75) is 26.8 Å². The van der Waals surface area contributed by atoms with Crippen molar-refractivity contribution >= 4 is 40.2 Å². The normalized spacial score (nSPS) is 12.4. The van der Waals surface area contributed by atoms with E-state index in [0.29, 0.717) is 0 Å². The van der Waals surface area contributed by atoms with Gasteiger partial charge in [-0.15, -0.1) is 22.7 Å². The number of thiophene rings is 2. The van der Waals surface area contributed by atoms with Gasteiger partial charge in [0.1, 0.15) is 0 Å². The fraction of sp³-hybridized carbons (Fsp3) is 0.308. The van der Waals surface area contributed by atoms with Gasteiger partial charge in [-0.1, -0.05) is 11.6 Å². The highest BCUT2D eigenvalue weighted by molar-refractivity contribution is 7.16. The molecule has 0 saturated carbocycles. The van der Waals surface area contributed by atoms with Crippen LogP contribution in [-0.4, -0.2) is 5.91 Å². The molecule has 2 aromatic rings. The molecule has 0 unspecified atom stereocenters. The van der Waals surface area contributed by atoms with Crippen LogP contribution >= 0.6 is 34.3 Å². The molecule has 0 fully saturated rings. The first kappa shape index (κ1) is 13.6. The Balaban J connectivity index is 2.10. The molecule has 0 aliphatic heterocycles. The summed E-state index contributed by atoms with van der Waals surface area (Å²) < 4.78 is 0.744. The number of hydrogen-bond acceptors (Lipinski definition) is 3. The van der Waals surface area contributed by atoms with Crippen molar-refractivity contribution < 1.29 is 4.79 Å². The summed E-state index contributed by atoms with van der Waals surface area (Å²) in [5.74, 6) is -0.0196. The van der Waals surface area contributed by atoms with Crippen molar-refractivity contribution in [1.29, 1.82) is 0 Å². The predicted octanol–water partition coefficient (Wildman–Crippen LogP) is 4.57. The molecule has 5 heteroatoms. The monoisotopic (exact) mass is 299 g/mol. The number of carbonyl (C=O) groups excluding carboxylic acids is 1. The number of carbonyl (C=O) groups is 1. The highest BCUT2D eigenvalue weighted by atomic mass is 35.5. The maximum absolute atomic E-state index is 12.1. The van der Waals surface area contributed by atoms with Crippen LogP contribution in [0.5, 0.6) is 0 Å². The third-order valence-corrected chi connectivity index (χ3v) is 5.03. The molecule has 2 heterocycles. The second-order valence-corrected chi connectivity index (χ2v) is 7.37. The van der Waals surface area contributed by atoms with Crippen molar-refractivity contribution in [3.8, 4) is 0 Å². The third-order valence-electron chi connectivity index (χ3n) is 2.65. The maximum Gasteiger partial charge on any atom is 0.252 e. The fourth-order valence-corrected chi connectivity index (χ4v) is 3.75. The molecule has 0 radical (unpaired) electrons. The van der Waals surface area contributed by atoms with E-state index in [4.69, 9.17) is 11.6 Å². The van der Waals surface area contributed by atoms with Crippen LogP contribution in [0.25, 0.3) is 0 Å². The first-order valence-corrected chi connectivity index (χ1v) is 7.61. The van der Waals surface area contributed by atoms with Crippen LogP contribution in [0.3, 0.4) is 0 Å². The molecule has 0 spiro atoms. The summed E-state index contributed by atoms with van der Waals surface area (Å²) >= 11 is 9.04. The second-order valence-electron chi connectivity index (χ2n) is 4.16. The Kier molecular flexibility index (Phi) is 4.10. The molecule has 0 saturated heterocycles. The van der Waals surface area contributed by atoms with Crippen LogP contribution in [0, 0.1) is 13.8 Å². The van der Waals surface area contributed by atoms with Crippen molar-refractivity contribution in [3.05, 3.63) is 42.7 Å². The van der Waals surface area contributed by atoms with Crippen LogP contribution in [0.2, 0.25) is 4.34 Å². The van der Waals surface area contributed by atoms with Crippen molar-refractivity contribution in [2.75, 3.05) is 0 Å². The van der Waals surface area contributed by atoms with Crippen LogP contribution in [0.4, 0.5) is 0 Å². The second kappa shape index (κ2) is 5.43. The van der Waals surface area contributed by atoms with Gasteiger partial charge in [0.25, 0.3) is 5.91 Å². The molecule has 1 N–H and O–H groups in total. The van der Waals surface area contributed by atoms with Crippen LogP contribution in [-0.2, 0) is 0 Å². The molecular formula is C13H14ClNOS2. The maximum atomic E-state index is 12.1. The molecule has 0 bridgehead atoms. The minimum atomic E-state index is -0.0196. The minimum absolute atomic E-state index is 0.0189. The average Bonchev–Trinajstić information content (AvgIpc) is 2.84. The summed E-state index contributed by atoms with van der Waals surface area (Å²) in [6.07, 6.45) is 0. The van der Waals surface area contributed by atoms with Crippen LogP contribution in [0.1, 0.15) is 38.0 Å². The van der Waals surface area contributed by atoms with Gasteiger partial charge in [0.15, 0.2) is 0 Å². The number of aryl methyl sites for hydroxylation is 2. The van der Waals surface area contributed by atoms with E-state index in [1.54, 1.807) is 11.3 Å². The lowest BCUT2D eigenvalue weighted by Gasteiger charge is -2.11. The van der Waals surface area contributed by atoms with Gasteiger partial charge in [-0.2, -0.15) is 0 Å². The summed E-state index contributed by atoms with van der Waals surface area (Å²) in [7, 11) is 0. The summed E-state index contributed by atoms with van der Waals surface area (Å²) in [6.45, 7) is 5.95. The van der Waals surface area contributed by atoms with Crippen molar-refractivity contribution in [1.82, 2.24) is 5.32 Å². The van der Waals surface area contributed by atoms with E-state index in [2.05, 4.69) is 5.32 Å². The largest absolute Gasteiger partial charge is 0.345 e. The van der Waals surface area contributed by atoms with Gasteiger partial charge in [0, 0.05) is 14.6 Å². The van der Waals surface area contributed by atoms with E-state index >= 15 is 0 Å². The van der Waals surface area contributed by atoms with Gasteiger partial charge >= 0.3 is 0 Å². The molecule has 18 heavy (non-hydrogen) atoms. The number of amides is 1. The Labute approximate surface area is 120 Å². The smallest absolute Gasteiger partial charge is 0.252 e. The number of hydrogen-bond donors (Lipinski definition) is 1. The standard InChI is InChI=1S/C13H14ClNOS2/c1-7-6-10(9(3)17-7)13(16)15-8(2)11-4-5-12(14)18-11/h4-6,8H,1-3H3,(H,15,16)/t8-/m0/s1. The molecule has 2 rings (SSSR count). The first-order valence-electron chi connectivity index (χ1n) is 5.60. The number of rotatable bonds is 3. The highest BCUT2D eigenvalue weighted by Gasteiger charge is 2.16. The zero-order chi connectivity index (χ0) is 13.3. The molecule has 0 aliphatic rings. The van der Waals surface area contributed by atoms with Gasteiger partial charge < -0.3 is 5.32 Å². The van der Waals surface area contributed by atoms with Gasteiger partial charge in [-0.3, -0.25) is 4.79 Å². The highest BCUT2D eigenvalue weighted by Crippen LogP contribution is 2.27. The molecule has 1 amide bonds. The fourth-order valence-electron chi connectivity index (χ4n) is 1.76. The van der Waals surface area contributed by atoms with Crippen LogP contribution < -0.4 is 5.32 Å². The number of nitrogens with one attached hydrogen (secondary N) is 1. The first-order chi connectivity index (χ1) is 8.47. The van der Waals surface area contributed by atoms with Gasteiger partial charge in [0.05, 0.1) is 15.9 Å². The third kappa shape index (κ3) is 2.94. The molecule has 1 atom stereocenters. The van der Waals surface area contributed by atoms with E-state index in [1.165, 1.54) is 11.3 Å². The Morgan fingerprint density at radius 3 is 2.56 bits per heavy atom. The molecule has 2 nitrogen and oxygen atoms in total. The molecule has 0 aliphatic carbocycles. The SMILES string of the molecule is Cc1cc(C(=O)N[C@@H](C)c2ccc(Cl)s2)c(C)s1. The summed E-state index contributed by atoms with van der Waals surface area (Å²) in [6, 6.07) is 5.71. The van der Waals surface area contributed by atoms with E-state index < -0.39 is 0 Å². The van der Waals surface area contributed by atoms with Gasteiger partial charge in [-0.05, 0) is 39.0 Å². The Morgan fingerprint density at radius 2 is 2.06 bits per heavy atom. The van der Waals surface area contributed by atoms with E-state index in [0.717, 1.165) is 24.5 Å². The Morgan fingerprint density at radius 1 is 1.33 bits per heavy atom. The Bertz CT molecular complexity index is 573. The average molecular weight is 300 g/mol. The minimum Gasteiger partial charge on any atom is -0.345 e. The lowest BCUT2D eigenvalue weighted by molar-refractivity contribution is 0.0940. The molecule has 96 valence electrons. The quantitative estimate of drug-likeness (QED) is 0.883. The summed E-state index contributed by atoms with van der Waals surface area (Å²) in [4.78, 5) is 15.4. The lowest BCUT2D eigenvalue weighted by atomic mass is 10.2. The lowest BCUT2D eigenvalue weighted by Crippen LogP contribution is -2.26. The summed E-state index contributed by atoms with van der Waals surface area (Å²) in [5, 5.41) is 3.00. The van der Waals surface area contributed by atoms with Gasteiger partial charge in [-0.25, -0.2) is 0 Å².